The van der Waals surface area contributed by atoms with Crippen molar-refractivity contribution in [2.24, 2.45) is 5.41 Å². The van der Waals surface area contributed by atoms with Crippen molar-refractivity contribution >= 4 is 15.9 Å². The van der Waals surface area contributed by atoms with Gasteiger partial charge in [-0.15, -0.1) is 0 Å². The first-order valence-electron chi connectivity index (χ1n) is 6.49. The van der Waals surface area contributed by atoms with Crippen molar-refractivity contribution < 1.29 is 4.74 Å². The fraction of sp³-hybridized carbons (Fsp3) is 0.600. The largest absolute Gasteiger partial charge is 0.381 e. The van der Waals surface area contributed by atoms with E-state index in [1.165, 1.54) is 5.56 Å². The molecule has 2 nitrogen and oxygen atoms in total. The highest BCUT2D eigenvalue weighted by Crippen LogP contribution is 2.43. The first-order valence-corrected chi connectivity index (χ1v) is 7.28. The summed E-state index contributed by atoms with van der Waals surface area (Å²) in [6, 6.07) is 9.43. The minimum atomic E-state index is 0.221. The SMILES string of the molecule is COC1CC(NC(C)c2ccc(Br)cc2)C1(C)C. The van der Waals surface area contributed by atoms with E-state index >= 15 is 0 Å². The van der Waals surface area contributed by atoms with Gasteiger partial charge in [-0.05, 0) is 31.0 Å². The van der Waals surface area contributed by atoms with Gasteiger partial charge in [0, 0.05) is 29.1 Å². The molecular weight excluding hydrogens is 290 g/mol. The van der Waals surface area contributed by atoms with Crippen LogP contribution >= 0.6 is 15.9 Å². The third-order valence-electron chi connectivity index (χ3n) is 4.28. The molecule has 100 valence electrons. The van der Waals surface area contributed by atoms with Gasteiger partial charge < -0.3 is 10.1 Å². The number of rotatable bonds is 4. The van der Waals surface area contributed by atoms with Crippen LogP contribution in [0, 0.1) is 5.41 Å². The smallest absolute Gasteiger partial charge is 0.0652 e. The maximum Gasteiger partial charge on any atom is 0.0652 e. The fourth-order valence-corrected chi connectivity index (χ4v) is 2.98. The molecule has 2 rings (SSSR count). The third-order valence-corrected chi connectivity index (χ3v) is 4.81. The molecule has 3 atom stereocenters. The van der Waals surface area contributed by atoms with Crippen LogP contribution in [0.5, 0.6) is 0 Å². The fourth-order valence-electron chi connectivity index (χ4n) is 2.72. The summed E-state index contributed by atoms with van der Waals surface area (Å²) in [5, 5.41) is 3.71. The number of hydrogen-bond acceptors (Lipinski definition) is 2. The van der Waals surface area contributed by atoms with E-state index in [1.54, 1.807) is 7.11 Å². The van der Waals surface area contributed by atoms with Crippen LogP contribution < -0.4 is 5.32 Å². The first kappa shape index (κ1) is 14.0. The summed E-state index contributed by atoms with van der Waals surface area (Å²) in [6.45, 7) is 6.77. The summed E-state index contributed by atoms with van der Waals surface area (Å²) in [7, 11) is 1.81. The van der Waals surface area contributed by atoms with Gasteiger partial charge in [0.15, 0.2) is 0 Å². The molecule has 3 heteroatoms. The maximum atomic E-state index is 5.49. The van der Waals surface area contributed by atoms with Gasteiger partial charge in [0.1, 0.15) is 0 Å². The standard InChI is InChI=1S/C15H22BrNO/c1-10(11-5-7-12(16)8-6-11)17-13-9-14(18-4)15(13,2)3/h5-8,10,13-14,17H,9H2,1-4H3. The molecule has 1 aliphatic rings. The van der Waals surface area contributed by atoms with E-state index in [-0.39, 0.29) is 5.41 Å². The second kappa shape index (κ2) is 5.32. The van der Waals surface area contributed by atoms with Crippen LogP contribution in [0.4, 0.5) is 0 Å². The van der Waals surface area contributed by atoms with Crippen molar-refractivity contribution in [2.75, 3.05) is 7.11 Å². The molecule has 18 heavy (non-hydrogen) atoms. The molecule has 1 aliphatic carbocycles. The number of nitrogens with one attached hydrogen (secondary N) is 1. The minimum absolute atomic E-state index is 0.221. The number of halogens is 1. The summed E-state index contributed by atoms with van der Waals surface area (Å²) in [5.41, 5.74) is 1.55. The zero-order chi connectivity index (χ0) is 13.3. The van der Waals surface area contributed by atoms with Crippen LogP contribution in [-0.2, 0) is 4.74 Å². The molecule has 1 aromatic rings. The van der Waals surface area contributed by atoms with E-state index in [2.05, 4.69) is 66.3 Å². The molecule has 1 N–H and O–H groups in total. The van der Waals surface area contributed by atoms with Crippen molar-refractivity contribution in [1.29, 1.82) is 0 Å². The lowest BCUT2D eigenvalue weighted by Crippen LogP contribution is -2.60. The Balaban J connectivity index is 1.97. The molecule has 0 aliphatic heterocycles. The molecule has 0 radical (unpaired) electrons. The Kier molecular flexibility index (Phi) is 4.15. The number of hydrogen-bond donors (Lipinski definition) is 1. The average molecular weight is 312 g/mol. The van der Waals surface area contributed by atoms with E-state index in [9.17, 15) is 0 Å². The maximum absolute atomic E-state index is 5.49. The van der Waals surface area contributed by atoms with E-state index in [1.807, 2.05) is 0 Å². The van der Waals surface area contributed by atoms with Gasteiger partial charge in [0.25, 0.3) is 0 Å². The summed E-state index contributed by atoms with van der Waals surface area (Å²) in [5.74, 6) is 0. The molecule has 3 unspecified atom stereocenters. The molecule has 0 heterocycles. The van der Waals surface area contributed by atoms with Crippen molar-refractivity contribution in [1.82, 2.24) is 5.32 Å². The Hall–Kier alpha value is -0.380. The highest BCUT2D eigenvalue weighted by atomic mass is 79.9. The van der Waals surface area contributed by atoms with Gasteiger partial charge in [0.2, 0.25) is 0 Å². The van der Waals surface area contributed by atoms with Crippen LogP contribution in [0.3, 0.4) is 0 Å². The van der Waals surface area contributed by atoms with Gasteiger partial charge in [-0.2, -0.15) is 0 Å². The topological polar surface area (TPSA) is 21.3 Å². The number of methoxy groups -OCH3 is 1. The zero-order valence-electron chi connectivity index (χ0n) is 11.5. The predicted octanol–water partition coefficient (Wildman–Crippen LogP) is 3.91. The Morgan fingerprint density at radius 3 is 2.44 bits per heavy atom. The lowest BCUT2D eigenvalue weighted by molar-refractivity contribution is -0.0999. The van der Waals surface area contributed by atoms with Gasteiger partial charge in [-0.3, -0.25) is 0 Å². The zero-order valence-corrected chi connectivity index (χ0v) is 13.1. The van der Waals surface area contributed by atoms with Crippen LogP contribution in [-0.4, -0.2) is 19.3 Å². The van der Waals surface area contributed by atoms with E-state index < -0.39 is 0 Å². The van der Waals surface area contributed by atoms with E-state index in [0.29, 0.717) is 18.2 Å². The lowest BCUT2D eigenvalue weighted by atomic mass is 9.64. The number of ether oxygens (including phenoxy) is 1. The highest BCUT2D eigenvalue weighted by Gasteiger charge is 2.48. The number of benzene rings is 1. The van der Waals surface area contributed by atoms with Crippen molar-refractivity contribution in [3.63, 3.8) is 0 Å². The first-order chi connectivity index (χ1) is 8.45. The van der Waals surface area contributed by atoms with E-state index in [4.69, 9.17) is 4.74 Å². The molecule has 1 fully saturated rings. The van der Waals surface area contributed by atoms with Crippen LogP contribution in [0.1, 0.15) is 38.8 Å². The van der Waals surface area contributed by atoms with Gasteiger partial charge in [0.05, 0.1) is 6.10 Å². The van der Waals surface area contributed by atoms with Crippen LogP contribution in [0.15, 0.2) is 28.7 Å². The third kappa shape index (κ3) is 2.63. The Labute approximate surface area is 118 Å². The van der Waals surface area contributed by atoms with Crippen LogP contribution in [0.25, 0.3) is 0 Å². The molecule has 0 aromatic heterocycles. The summed E-state index contributed by atoms with van der Waals surface area (Å²) in [6.07, 6.45) is 1.48. The summed E-state index contributed by atoms with van der Waals surface area (Å²) < 4.78 is 6.62. The van der Waals surface area contributed by atoms with Crippen LogP contribution in [0.2, 0.25) is 0 Å². The monoisotopic (exact) mass is 311 g/mol. The summed E-state index contributed by atoms with van der Waals surface area (Å²) >= 11 is 3.47. The van der Waals surface area contributed by atoms with E-state index in [0.717, 1.165) is 10.9 Å². The van der Waals surface area contributed by atoms with Gasteiger partial charge >= 0.3 is 0 Å². The second-order valence-corrected chi connectivity index (χ2v) is 6.69. The molecule has 0 bridgehead atoms. The lowest BCUT2D eigenvalue weighted by Gasteiger charge is -2.52. The second-order valence-electron chi connectivity index (χ2n) is 5.77. The molecule has 1 aromatic carbocycles. The average Bonchev–Trinajstić information content (AvgIpc) is 2.34. The Bertz CT molecular complexity index is 401. The summed E-state index contributed by atoms with van der Waals surface area (Å²) in [4.78, 5) is 0. The molecule has 0 amide bonds. The van der Waals surface area contributed by atoms with Crippen molar-refractivity contribution in [2.45, 2.75) is 45.4 Å². The highest BCUT2D eigenvalue weighted by molar-refractivity contribution is 9.10. The molecule has 0 spiro atoms. The van der Waals surface area contributed by atoms with Crippen molar-refractivity contribution in [3.8, 4) is 0 Å². The Morgan fingerprint density at radius 1 is 1.33 bits per heavy atom. The minimum Gasteiger partial charge on any atom is -0.381 e. The van der Waals surface area contributed by atoms with Crippen molar-refractivity contribution in [3.05, 3.63) is 34.3 Å². The quantitative estimate of drug-likeness (QED) is 0.910. The van der Waals surface area contributed by atoms with Gasteiger partial charge in [-0.25, -0.2) is 0 Å². The molecule has 1 saturated carbocycles. The molecule has 0 saturated heterocycles. The Morgan fingerprint density at radius 2 is 1.94 bits per heavy atom. The normalized spacial score (nSPS) is 27.6. The molecular formula is C15H22BrNO. The van der Waals surface area contributed by atoms with Gasteiger partial charge in [-0.1, -0.05) is 41.9 Å². The predicted molar refractivity (Wildman–Crippen MR) is 78.7 cm³/mol.